The number of imidazole rings is 1. The van der Waals surface area contributed by atoms with Crippen LogP contribution in [0.5, 0.6) is 6.01 Å². The third kappa shape index (κ3) is 4.50. The molecule has 0 saturated carbocycles. The van der Waals surface area contributed by atoms with Gasteiger partial charge in [0.15, 0.2) is 6.10 Å². The zero-order valence-electron chi connectivity index (χ0n) is 21.1. The minimum absolute atomic E-state index is 0.0467. The first-order valence-corrected chi connectivity index (χ1v) is 13.3. The normalized spacial score (nSPS) is 20.4. The Kier molecular flexibility index (Phi) is 5.96. The van der Waals surface area contributed by atoms with Gasteiger partial charge in [0.2, 0.25) is 0 Å². The molecule has 0 amide bonds. The van der Waals surface area contributed by atoms with Gasteiger partial charge in [0, 0.05) is 12.2 Å². The van der Waals surface area contributed by atoms with E-state index in [1.165, 1.54) is 0 Å². The average Bonchev–Trinajstić information content (AvgIpc) is 3.67. The summed E-state index contributed by atoms with van der Waals surface area (Å²) in [5.74, 6) is 0. The van der Waals surface area contributed by atoms with Gasteiger partial charge in [0.1, 0.15) is 6.10 Å². The van der Waals surface area contributed by atoms with Crippen LogP contribution in [0.25, 0.3) is 44.4 Å². The molecule has 196 valence electrons. The SMILES string of the molecule is Cc1cc(-c2ccc(-c3ccc(-c4cc5nc(OC6CO[C@@H]7CCO[C@H]67)[nH]c5cc4Cl)cc3)cc2)c(=O)[nH]n1. The zero-order chi connectivity index (χ0) is 26.5. The molecule has 5 aromatic rings. The number of ether oxygens (including phenoxy) is 3. The third-order valence-electron chi connectivity index (χ3n) is 7.39. The molecule has 0 radical (unpaired) electrons. The Morgan fingerprint density at radius 3 is 2.36 bits per heavy atom. The summed E-state index contributed by atoms with van der Waals surface area (Å²) in [5, 5.41) is 7.11. The summed E-state index contributed by atoms with van der Waals surface area (Å²) < 4.78 is 17.7. The molecule has 2 aliphatic rings. The molecule has 3 aromatic carbocycles. The number of rotatable bonds is 5. The number of benzene rings is 3. The Hall–Kier alpha value is -3.98. The lowest BCUT2D eigenvalue weighted by molar-refractivity contribution is 0.0273. The van der Waals surface area contributed by atoms with E-state index in [2.05, 4.69) is 32.3 Å². The molecule has 7 rings (SSSR count). The quantitative estimate of drug-likeness (QED) is 0.303. The number of H-pyrrole nitrogens is 2. The maximum absolute atomic E-state index is 12.2. The lowest BCUT2D eigenvalue weighted by Crippen LogP contribution is -2.32. The highest BCUT2D eigenvalue weighted by Gasteiger charge is 2.43. The van der Waals surface area contributed by atoms with Gasteiger partial charge in [0.25, 0.3) is 11.6 Å². The number of aromatic amines is 2. The van der Waals surface area contributed by atoms with Crippen molar-refractivity contribution in [3.05, 3.63) is 87.8 Å². The maximum Gasteiger partial charge on any atom is 0.295 e. The first kappa shape index (κ1) is 24.1. The molecule has 0 bridgehead atoms. The van der Waals surface area contributed by atoms with Crippen molar-refractivity contribution in [1.29, 1.82) is 0 Å². The van der Waals surface area contributed by atoms with Crippen molar-refractivity contribution in [2.24, 2.45) is 0 Å². The smallest absolute Gasteiger partial charge is 0.295 e. The molecular formula is C30H25ClN4O4. The van der Waals surface area contributed by atoms with E-state index in [1.807, 2.05) is 55.5 Å². The van der Waals surface area contributed by atoms with Gasteiger partial charge in [-0.25, -0.2) is 5.10 Å². The van der Waals surface area contributed by atoms with Gasteiger partial charge in [-0.2, -0.15) is 10.1 Å². The van der Waals surface area contributed by atoms with Crippen LogP contribution in [0.1, 0.15) is 12.1 Å². The van der Waals surface area contributed by atoms with Gasteiger partial charge >= 0.3 is 0 Å². The standard InChI is InChI=1S/C30H25ClN4O4/c1-16-12-22(29(36)35-34-16)20-8-4-18(5-9-20)17-2-6-19(7-3-17)21-13-24-25(14-23(21)31)33-30(32-24)39-27-15-38-26-10-11-37-28(26)27/h2-9,12-14,26-28H,10-11,15H2,1H3,(H,32,33)(H,35,36)/t26-,27?,28+/m1/s1. The van der Waals surface area contributed by atoms with Gasteiger partial charge in [0.05, 0.1) is 40.0 Å². The minimum Gasteiger partial charge on any atom is -0.456 e. The Morgan fingerprint density at radius 2 is 1.62 bits per heavy atom. The predicted molar refractivity (Wildman–Crippen MR) is 149 cm³/mol. The number of fused-ring (bicyclic) bond motifs is 2. The lowest BCUT2D eigenvalue weighted by Gasteiger charge is -2.15. The first-order chi connectivity index (χ1) is 19.0. The molecule has 0 aliphatic carbocycles. The predicted octanol–water partition coefficient (Wildman–Crippen LogP) is 5.54. The second kappa shape index (κ2) is 9.64. The number of hydrogen-bond donors (Lipinski definition) is 2. The highest BCUT2D eigenvalue weighted by Crippen LogP contribution is 2.35. The monoisotopic (exact) mass is 540 g/mol. The van der Waals surface area contributed by atoms with E-state index in [0.717, 1.165) is 51.0 Å². The van der Waals surface area contributed by atoms with E-state index in [9.17, 15) is 4.79 Å². The molecule has 2 aromatic heterocycles. The Morgan fingerprint density at radius 1 is 0.923 bits per heavy atom. The summed E-state index contributed by atoms with van der Waals surface area (Å²) in [6.45, 7) is 3.05. The molecule has 0 spiro atoms. The van der Waals surface area contributed by atoms with Crippen LogP contribution in [0.4, 0.5) is 0 Å². The van der Waals surface area contributed by atoms with Crippen molar-refractivity contribution >= 4 is 22.6 Å². The number of nitrogens with one attached hydrogen (secondary N) is 2. The van der Waals surface area contributed by atoms with Crippen LogP contribution in [-0.2, 0) is 9.47 Å². The summed E-state index contributed by atoms with van der Waals surface area (Å²) in [7, 11) is 0. The van der Waals surface area contributed by atoms with Crippen LogP contribution >= 0.6 is 11.6 Å². The van der Waals surface area contributed by atoms with Crippen LogP contribution in [-0.4, -0.2) is 51.7 Å². The van der Waals surface area contributed by atoms with Crippen molar-refractivity contribution in [2.75, 3.05) is 13.2 Å². The first-order valence-electron chi connectivity index (χ1n) is 12.9. The van der Waals surface area contributed by atoms with Crippen molar-refractivity contribution in [3.8, 4) is 39.4 Å². The molecule has 2 N–H and O–H groups in total. The van der Waals surface area contributed by atoms with Gasteiger partial charge < -0.3 is 19.2 Å². The second-order valence-electron chi connectivity index (χ2n) is 9.95. The number of halogens is 1. The fourth-order valence-electron chi connectivity index (χ4n) is 5.36. The number of aromatic nitrogens is 4. The van der Waals surface area contributed by atoms with Gasteiger partial charge in [-0.15, -0.1) is 0 Å². The Balaban J connectivity index is 1.12. The third-order valence-corrected chi connectivity index (χ3v) is 7.70. The van der Waals surface area contributed by atoms with Crippen LogP contribution in [0.3, 0.4) is 0 Å². The highest BCUT2D eigenvalue weighted by molar-refractivity contribution is 6.34. The van der Waals surface area contributed by atoms with E-state index in [0.29, 0.717) is 29.8 Å². The lowest BCUT2D eigenvalue weighted by atomic mass is 9.98. The zero-order valence-corrected chi connectivity index (χ0v) is 21.9. The number of hydrogen-bond acceptors (Lipinski definition) is 6. The van der Waals surface area contributed by atoms with Crippen molar-refractivity contribution in [2.45, 2.75) is 31.7 Å². The molecule has 1 unspecified atom stereocenters. The van der Waals surface area contributed by atoms with Crippen LogP contribution in [0.15, 0.2) is 71.5 Å². The average molecular weight is 541 g/mol. The Bertz CT molecular complexity index is 1730. The van der Waals surface area contributed by atoms with Crippen LogP contribution in [0.2, 0.25) is 5.02 Å². The molecule has 2 aliphatic heterocycles. The molecule has 2 saturated heterocycles. The maximum atomic E-state index is 12.2. The van der Waals surface area contributed by atoms with E-state index in [-0.39, 0.29) is 23.9 Å². The van der Waals surface area contributed by atoms with Gasteiger partial charge in [-0.3, -0.25) is 4.79 Å². The van der Waals surface area contributed by atoms with E-state index in [1.54, 1.807) is 6.07 Å². The summed E-state index contributed by atoms with van der Waals surface area (Å²) >= 11 is 6.69. The summed E-state index contributed by atoms with van der Waals surface area (Å²) in [4.78, 5) is 20.0. The van der Waals surface area contributed by atoms with Gasteiger partial charge in [-0.05, 0) is 53.8 Å². The van der Waals surface area contributed by atoms with Crippen molar-refractivity contribution in [3.63, 3.8) is 0 Å². The summed E-state index contributed by atoms with van der Waals surface area (Å²) in [6, 6.07) is 22.2. The topological polar surface area (TPSA) is 102 Å². The minimum atomic E-state index is -0.203. The summed E-state index contributed by atoms with van der Waals surface area (Å²) in [6.07, 6.45) is 0.787. The molecule has 8 nitrogen and oxygen atoms in total. The molecule has 3 atom stereocenters. The van der Waals surface area contributed by atoms with E-state index in [4.69, 9.17) is 25.8 Å². The van der Waals surface area contributed by atoms with Gasteiger partial charge in [-0.1, -0.05) is 60.1 Å². The molecule has 39 heavy (non-hydrogen) atoms. The Labute approximate surface area is 228 Å². The second-order valence-corrected chi connectivity index (χ2v) is 10.4. The van der Waals surface area contributed by atoms with Crippen LogP contribution in [0, 0.1) is 6.92 Å². The van der Waals surface area contributed by atoms with Crippen LogP contribution < -0.4 is 10.3 Å². The van der Waals surface area contributed by atoms with E-state index >= 15 is 0 Å². The fourth-order valence-corrected chi connectivity index (χ4v) is 5.64. The molecule has 2 fully saturated rings. The largest absolute Gasteiger partial charge is 0.456 e. The van der Waals surface area contributed by atoms with Crippen molar-refractivity contribution in [1.82, 2.24) is 20.2 Å². The highest BCUT2D eigenvalue weighted by atomic mass is 35.5. The fraction of sp³-hybridized carbons (Fsp3) is 0.233. The molecule has 4 heterocycles. The van der Waals surface area contributed by atoms with Crippen molar-refractivity contribution < 1.29 is 14.2 Å². The molecular weight excluding hydrogens is 516 g/mol. The number of nitrogens with zero attached hydrogens (tertiary/aromatic N) is 2. The van der Waals surface area contributed by atoms with E-state index < -0.39 is 0 Å². The molecule has 9 heteroatoms. The number of aryl methyl sites for hydroxylation is 1. The summed E-state index contributed by atoms with van der Waals surface area (Å²) in [5.41, 5.74) is 7.57.